The summed E-state index contributed by atoms with van der Waals surface area (Å²) in [5.74, 6) is 0.851. The van der Waals surface area contributed by atoms with Gasteiger partial charge in [0, 0.05) is 12.4 Å². The van der Waals surface area contributed by atoms with Gasteiger partial charge in [0.15, 0.2) is 0 Å². The highest BCUT2D eigenvalue weighted by atomic mass is 16.5. The van der Waals surface area contributed by atoms with Gasteiger partial charge in [-0.05, 0) is 56.8 Å². The van der Waals surface area contributed by atoms with Gasteiger partial charge in [-0.25, -0.2) is 4.79 Å². The van der Waals surface area contributed by atoms with E-state index in [0.29, 0.717) is 0 Å². The number of amides is 2. The van der Waals surface area contributed by atoms with Gasteiger partial charge in [0.25, 0.3) is 0 Å². The van der Waals surface area contributed by atoms with E-state index in [2.05, 4.69) is 29.4 Å². The molecule has 0 saturated carbocycles. The molecule has 0 aromatic heterocycles. The normalized spacial score (nSPS) is 19.2. The lowest BCUT2D eigenvalue weighted by atomic mass is 9.99. The highest BCUT2D eigenvalue weighted by Crippen LogP contribution is 2.31. The summed E-state index contributed by atoms with van der Waals surface area (Å²) in [6, 6.07) is 12.0. The van der Waals surface area contributed by atoms with Crippen molar-refractivity contribution in [3.05, 3.63) is 42.0 Å². The van der Waals surface area contributed by atoms with E-state index in [1.165, 1.54) is 12.8 Å². The Bertz CT molecular complexity index is 777. The monoisotopic (exact) mass is 355 g/mol. The zero-order valence-corrected chi connectivity index (χ0v) is 16.2. The van der Waals surface area contributed by atoms with E-state index in [0.717, 1.165) is 35.1 Å². The molecule has 2 aromatic rings. The van der Waals surface area contributed by atoms with Crippen LogP contribution in [0.4, 0.5) is 4.79 Å². The third-order valence-electron chi connectivity index (χ3n) is 5.44. The minimum absolute atomic E-state index is 0.0313. The number of fused-ring (bicyclic) bond motifs is 1. The van der Waals surface area contributed by atoms with Gasteiger partial charge in [-0.2, -0.15) is 0 Å². The maximum Gasteiger partial charge on any atom is 0.318 e. The molecule has 26 heavy (non-hydrogen) atoms. The predicted octanol–water partition coefficient (Wildman–Crippen LogP) is 3.99. The molecule has 1 aliphatic heterocycles. The van der Waals surface area contributed by atoms with Gasteiger partial charge in [0.1, 0.15) is 5.75 Å². The number of methoxy groups -OCH3 is 1. The van der Waals surface area contributed by atoms with Gasteiger partial charge in [-0.3, -0.25) is 4.90 Å². The molecule has 140 valence electrons. The van der Waals surface area contributed by atoms with Crippen molar-refractivity contribution >= 4 is 16.8 Å². The van der Waals surface area contributed by atoms with Gasteiger partial charge in [-0.15, -0.1) is 0 Å². The maximum atomic E-state index is 12.8. The number of carbonyl (C=O) groups is 1. The second kappa shape index (κ2) is 7.96. The van der Waals surface area contributed by atoms with Crippen molar-refractivity contribution in [3.63, 3.8) is 0 Å². The van der Waals surface area contributed by atoms with E-state index in [1.807, 2.05) is 43.1 Å². The fourth-order valence-corrected chi connectivity index (χ4v) is 3.90. The quantitative estimate of drug-likeness (QED) is 0.902. The lowest BCUT2D eigenvalue weighted by molar-refractivity contribution is 0.0697. The first kappa shape index (κ1) is 18.5. The van der Waals surface area contributed by atoms with Gasteiger partial charge >= 0.3 is 6.03 Å². The van der Waals surface area contributed by atoms with Gasteiger partial charge in [0.2, 0.25) is 0 Å². The SMILES string of the molecule is COc1ccc(C(C)NC(=O)N(C)[C@H]2CCCCN2C)c2ccccc12. The van der Waals surface area contributed by atoms with Crippen molar-refractivity contribution in [2.45, 2.75) is 38.4 Å². The summed E-state index contributed by atoms with van der Waals surface area (Å²) in [6.07, 6.45) is 3.57. The first-order chi connectivity index (χ1) is 12.5. The van der Waals surface area contributed by atoms with Crippen molar-refractivity contribution in [3.8, 4) is 5.75 Å². The molecule has 2 atom stereocenters. The minimum Gasteiger partial charge on any atom is -0.496 e. The van der Waals surface area contributed by atoms with Gasteiger partial charge < -0.3 is 15.0 Å². The Morgan fingerprint density at radius 3 is 2.65 bits per heavy atom. The van der Waals surface area contributed by atoms with E-state index in [1.54, 1.807) is 7.11 Å². The van der Waals surface area contributed by atoms with Crippen LogP contribution in [0.1, 0.15) is 37.8 Å². The lowest BCUT2D eigenvalue weighted by Gasteiger charge is -2.39. The molecular formula is C21H29N3O2. The fraction of sp³-hybridized carbons (Fsp3) is 0.476. The minimum atomic E-state index is -0.0883. The van der Waals surface area contributed by atoms with Crippen LogP contribution in [0.15, 0.2) is 36.4 Å². The number of carbonyl (C=O) groups excluding carboxylic acids is 1. The molecule has 1 heterocycles. The summed E-state index contributed by atoms with van der Waals surface area (Å²) >= 11 is 0. The van der Waals surface area contributed by atoms with E-state index in [-0.39, 0.29) is 18.2 Å². The molecule has 1 fully saturated rings. The number of piperidine rings is 1. The highest BCUT2D eigenvalue weighted by molar-refractivity contribution is 5.91. The Balaban J connectivity index is 1.78. The Labute approximate surface area is 155 Å². The number of likely N-dealkylation sites (tertiary alicyclic amines) is 1. The molecule has 0 bridgehead atoms. The van der Waals surface area contributed by atoms with E-state index in [9.17, 15) is 4.79 Å². The van der Waals surface area contributed by atoms with Crippen LogP contribution in [-0.4, -0.2) is 49.7 Å². The van der Waals surface area contributed by atoms with Crippen LogP contribution in [0.3, 0.4) is 0 Å². The fourth-order valence-electron chi connectivity index (χ4n) is 3.90. The van der Waals surface area contributed by atoms with Crippen molar-refractivity contribution in [1.82, 2.24) is 15.1 Å². The third-order valence-corrected chi connectivity index (χ3v) is 5.44. The molecule has 0 radical (unpaired) electrons. The standard InChI is InChI=1S/C21H29N3O2/c1-15(22-21(25)24(3)20-11-7-8-14-23(20)2)16-12-13-19(26-4)18-10-6-5-9-17(16)18/h5-6,9-10,12-13,15,20H,7-8,11,14H2,1-4H3,(H,22,25)/t15?,20-/m0/s1. The van der Waals surface area contributed by atoms with Crippen LogP contribution >= 0.6 is 0 Å². The zero-order valence-electron chi connectivity index (χ0n) is 16.2. The first-order valence-electron chi connectivity index (χ1n) is 9.32. The highest BCUT2D eigenvalue weighted by Gasteiger charge is 2.27. The molecule has 5 heteroatoms. The van der Waals surface area contributed by atoms with Crippen LogP contribution in [-0.2, 0) is 0 Å². The summed E-state index contributed by atoms with van der Waals surface area (Å²) in [5.41, 5.74) is 1.10. The van der Waals surface area contributed by atoms with E-state index in [4.69, 9.17) is 4.74 Å². The molecule has 3 rings (SSSR count). The summed E-state index contributed by atoms with van der Waals surface area (Å²) in [6.45, 7) is 3.07. The van der Waals surface area contributed by atoms with Gasteiger partial charge in [0.05, 0.1) is 19.3 Å². The first-order valence-corrected chi connectivity index (χ1v) is 9.32. The Hall–Kier alpha value is -2.27. The number of nitrogens with zero attached hydrogens (tertiary/aromatic N) is 2. The molecule has 2 aromatic carbocycles. The Morgan fingerprint density at radius 1 is 1.23 bits per heavy atom. The average molecular weight is 355 g/mol. The second-order valence-corrected chi connectivity index (χ2v) is 7.14. The third kappa shape index (κ3) is 3.63. The largest absolute Gasteiger partial charge is 0.496 e. The van der Waals surface area contributed by atoms with Crippen molar-refractivity contribution in [2.24, 2.45) is 0 Å². The molecule has 1 unspecified atom stereocenters. The molecule has 1 aliphatic rings. The number of nitrogens with one attached hydrogen (secondary N) is 1. The number of hydrogen-bond donors (Lipinski definition) is 1. The number of rotatable bonds is 4. The zero-order chi connectivity index (χ0) is 18.7. The summed E-state index contributed by atoms with van der Waals surface area (Å²) in [7, 11) is 5.66. The molecular weight excluding hydrogens is 326 g/mol. The van der Waals surface area contributed by atoms with Crippen LogP contribution in [0.2, 0.25) is 0 Å². The lowest BCUT2D eigenvalue weighted by Crippen LogP contribution is -2.52. The van der Waals surface area contributed by atoms with Crippen molar-refractivity contribution in [2.75, 3.05) is 27.7 Å². The smallest absolute Gasteiger partial charge is 0.318 e. The number of urea groups is 1. The number of ether oxygens (including phenoxy) is 1. The topological polar surface area (TPSA) is 44.8 Å². The summed E-state index contributed by atoms with van der Waals surface area (Å²) in [5, 5.41) is 5.34. The Kier molecular flexibility index (Phi) is 5.67. The molecule has 0 aliphatic carbocycles. The molecule has 1 saturated heterocycles. The molecule has 5 nitrogen and oxygen atoms in total. The van der Waals surface area contributed by atoms with E-state index >= 15 is 0 Å². The average Bonchev–Trinajstić information content (AvgIpc) is 2.66. The molecule has 1 N–H and O–H groups in total. The van der Waals surface area contributed by atoms with Crippen molar-refractivity contribution in [1.29, 1.82) is 0 Å². The summed E-state index contributed by atoms with van der Waals surface area (Å²) < 4.78 is 5.47. The molecule has 2 amide bonds. The van der Waals surface area contributed by atoms with Crippen LogP contribution in [0.5, 0.6) is 5.75 Å². The second-order valence-electron chi connectivity index (χ2n) is 7.14. The Morgan fingerprint density at radius 2 is 1.96 bits per heavy atom. The molecule has 0 spiro atoms. The van der Waals surface area contributed by atoms with Crippen LogP contribution in [0, 0.1) is 0 Å². The van der Waals surface area contributed by atoms with Gasteiger partial charge in [-0.1, -0.05) is 30.3 Å². The number of benzene rings is 2. The number of hydrogen-bond acceptors (Lipinski definition) is 3. The van der Waals surface area contributed by atoms with E-state index < -0.39 is 0 Å². The summed E-state index contributed by atoms with van der Waals surface area (Å²) in [4.78, 5) is 16.9. The predicted molar refractivity (Wildman–Crippen MR) is 105 cm³/mol. The maximum absolute atomic E-state index is 12.8. The van der Waals surface area contributed by atoms with Crippen LogP contribution < -0.4 is 10.1 Å². The van der Waals surface area contributed by atoms with Crippen molar-refractivity contribution < 1.29 is 9.53 Å². The van der Waals surface area contributed by atoms with Crippen LogP contribution in [0.25, 0.3) is 10.8 Å².